The lowest BCUT2D eigenvalue weighted by Gasteiger charge is -2.10. The smallest absolute Gasteiger partial charge is 0.406 e. The lowest BCUT2D eigenvalue weighted by molar-refractivity contribution is 0.112. The van der Waals surface area contributed by atoms with Gasteiger partial charge in [0.15, 0.2) is 17.9 Å². The first-order valence-electron chi connectivity index (χ1n) is 8.55. The largest absolute Gasteiger partial charge is 0.432 e. The molecule has 0 aliphatic carbocycles. The van der Waals surface area contributed by atoms with Crippen molar-refractivity contribution in [2.75, 3.05) is 5.43 Å². The molecule has 9 heteroatoms. The van der Waals surface area contributed by atoms with Crippen LogP contribution in [-0.2, 0) is 0 Å². The van der Waals surface area contributed by atoms with Crippen molar-refractivity contribution in [2.45, 2.75) is 6.92 Å². The summed E-state index contributed by atoms with van der Waals surface area (Å²) in [5.74, 6) is 0.0897. The average molecular weight is 391 g/mol. The number of aryl methyl sites for hydroxylation is 1. The van der Waals surface area contributed by atoms with E-state index in [1.807, 2.05) is 6.07 Å². The monoisotopic (exact) mass is 391 g/mol. The Morgan fingerprint density at radius 2 is 2.10 bits per heavy atom. The van der Waals surface area contributed by atoms with Gasteiger partial charge < -0.3 is 4.74 Å². The molecule has 1 amide bonds. The number of aromatic nitrogens is 4. The van der Waals surface area contributed by atoms with E-state index in [2.05, 4.69) is 20.4 Å². The molecule has 3 heterocycles. The summed E-state index contributed by atoms with van der Waals surface area (Å²) in [6.07, 6.45) is 4.16. The maximum Gasteiger partial charge on any atom is 0.432 e. The van der Waals surface area contributed by atoms with Crippen LogP contribution in [0.25, 0.3) is 22.4 Å². The fraction of sp³-hybridized carbons (Fsp3) is 0.0500. The Labute approximate surface area is 164 Å². The molecule has 3 aromatic heterocycles. The highest BCUT2D eigenvalue weighted by Crippen LogP contribution is 2.21. The number of carbonyl (C=O) groups is 2. The number of benzene rings is 1. The number of carbonyl (C=O) groups excluding carboxylic acids is 2. The van der Waals surface area contributed by atoms with E-state index in [-0.39, 0.29) is 11.3 Å². The van der Waals surface area contributed by atoms with Crippen molar-refractivity contribution in [3.8, 4) is 17.3 Å². The standard InChI is InChI=1S/C20H14FN5O3/c1-12-18(9-23-19(24-12)16-4-2-3-7-22-16)29-20(28)25-26-10-13(11-27)15-8-14(21)5-6-17(15)26/h2-11H,1H3,(H,25,28). The molecule has 144 valence electrons. The summed E-state index contributed by atoms with van der Waals surface area (Å²) in [7, 11) is 0. The Morgan fingerprint density at radius 3 is 2.83 bits per heavy atom. The van der Waals surface area contributed by atoms with Crippen molar-refractivity contribution in [3.63, 3.8) is 0 Å². The molecule has 4 aromatic rings. The van der Waals surface area contributed by atoms with E-state index in [0.29, 0.717) is 34.4 Å². The first-order valence-corrected chi connectivity index (χ1v) is 8.55. The fourth-order valence-corrected chi connectivity index (χ4v) is 2.81. The summed E-state index contributed by atoms with van der Waals surface area (Å²) in [6.45, 7) is 1.68. The van der Waals surface area contributed by atoms with E-state index in [1.165, 1.54) is 35.3 Å². The van der Waals surface area contributed by atoms with Gasteiger partial charge in [0.2, 0.25) is 0 Å². The molecule has 0 saturated heterocycles. The third-order valence-corrected chi connectivity index (χ3v) is 4.17. The van der Waals surface area contributed by atoms with Crippen LogP contribution in [0.5, 0.6) is 5.75 Å². The van der Waals surface area contributed by atoms with Gasteiger partial charge in [-0.25, -0.2) is 24.6 Å². The molecule has 1 aromatic carbocycles. The fourth-order valence-electron chi connectivity index (χ4n) is 2.81. The van der Waals surface area contributed by atoms with Gasteiger partial charge in [-0.15, -0.1) is 0 Å². The Kier molecular flexibility index (Phi) is 4.70. The number of nitrogens with one attached hydrogen (secondary N) is 1. The van der Waals surface area contributed by atoms with E-state index in [0.717, 1.165) is 0 Å². The minimum atomic E-state index is -0.819. The van der Waals surface area contributed by atoms with Crippen LogP contribution in [0.15, 0.2) is 55.0 Å². The van der Waals surface area contributed by atoms with E-state index in [9.17, 15) is 14.0 Å². The van der Waals surface area contributed by atoms with Crippen molar-refractivity contribution in [3.05, 3.63) is 72.1 Å². The van der Waals surface area contributed by atoms with Gasteiger partial charge in [-0.1, -0.05) is 6.07 Å². The molecule has 0 saturated carbocycles. The molecule has 29 heavy (non-hydrogen) atoms. The third kappa shape index (κ3) is 3.65. The van der Waals surface area contributed by atoms with Crippen LogP contribution in [0.1, 0.15) is 16.1 Å². The minimum Gasteiger partial charge on any atom is -0.406 e. The predicted octanol–water partition coefficient (Wildman–Crippen LogP) is 3.50. The molecule has 0 fully saturated rings. The number of ether oxygens (including phenoxy) is 1. The number of pyridine rings is 1. The second-order valence-electron chi connectivity index (χ2n) is 6.09. The number of rotatable bonds is 4. The van der Waals surface area contributed by atoms with Gasteiger partial charge in [0.1, 0.15) is 11.5 Å². The summed E-state index contributed by atoms with van der Waals surface area (Å²) >= 11 is 0. The zero-order valence-corrected chi connectivity index (χ0v) is 15.2. The van der Waals surface area contributed by atoms with Crippen molar-refractivity contribution < 1.29 is 18.7 Å². The average Bonchev–Trinajstić information content (AvgIpc) is 3.06. The van der Waals surface area contributed by atoms with Crippen LogP contribution in [0.2, 0.25) is 0 Å². The molecule has 0 bridgehead atoms. The normalized spacial score (nSPS) is 10.7. The summed E-state index contributed by atoms with van der Waals surface area (Å²) in [5.41, 5.74) is 4.21. The van der Waals surface area contributed by atoms with E-state index in [1.54, 1.807) is 25.3 Å². The lowest BCUT2D eigenvalue weighted by atomic mass is 10.2. The number of fused-ring (bicyclic) bond motifs is 1. The molecule has 0 unspecified atom stereocenters. The highest BCUT2D eigenvalue weighted by Gasteiger charge is 2.14. The van der Waals surface area contributed by atoms with Gasteiger partial charge in [-0.05, 0) is 37.3 Å². The summed E-state index contributed by atoms with van der Waals surface area (Å²) in [5, 5.41) is 0.375. The van der Waals surface area contributed by atoms with E-state index in [4.69, 9.17) is 4.74 Å². The SMILES string of the molecule is Cc1nc(-c2ccccn2)ncc1OC(=O)Nn1cc(C=O)c2cc(F)ccc21. The summed E-state index contributed by atoms with van der Waals surface area (Å²) in [6, 6.07) is 9.28. The zero-order chi connectivity index (χ0) is 20.4. The maximum atomic E-state index is 13.5. The molecule has 0 radical (unpaired) electrons. The second-order valence-corrected chi connectivity index (χ2v) is 6.09. The molecule has 4 rings (SSSR count). The Hall–Kier alpha value is -4.14. The van der Waals surface area contributed by atoms with Gasteiger partial charge in [-0.2, -0.15) is 0 Å². The Balaban J connectivity index is 1.55. The lowest BCUT2D eigenvalue weighted by Crippen LogP contribution is -2.25. The molecule has 8 nitrogen and oxygen atoms in total. The zero-order valence-electron chi connectivity index (χ0n) is 15.2. The van der Waals surface area contributed by atoms with Crippen LogP contribution < -0.4 is 10.2 Å². The highest BCUT2D eigenvalue weighted by atomic mass is 19.1. The van der Waals surface area contributed by atoms with E-state index < -0.39 is 11.9 Å². The minimum absolute atomic E-state index is 0.167. The van der Waals surface area contributed by atoms with Crippen LogP contribution in [0.3, 0.4) is 0 Å². The molecule has 0 aliphatic heterocycles. The molecular formula is C20H14FN5O3. The van der Waals surface area contributed by atoms with E-state index >= 15 is 0 Å². The number of halogens is 1. The summed E-state index contributed by atoms with van der Waals surface area (Å²) < 4.78 is 20.0. The Bertz CT molecular complexity index is 1220. The highest BCUT2D eigenvalue weighted by molar-refractivity contribution is 5.98. The van der Waals surface area contributed by atoms with Crippen LogP contribution >= 0.6 is 0 Å². The van der Waals surface area contributed by atoms with Gasteiger partial charge in [0.25, 0.3) is 0 Å². The number of aldehydes is 1. The second kappa shape index (κ2) is 7.47. The summed E-state index contributed by atoms with van der Waals surface area (Å²) in [4.78, 5) is 36.2. The number of nitrogens with zero attached hydrogens (tertiary/aromatic N) is 4. The van der Waals surface area contributed by atoms with Gasteiger partial charge in [0, 0.05) is 23.3 Å². The molecule has 1 N–H and O–H groups in total. The van der Waals surface area contributed by atoms with Gasteiger partial charge >= 0.3 is 6.09 Å². The molecule has 0 atom stereocenters. The first-order chi connectivity index (χ1) is 14.0. The number of hydrogen-bond acceptors (Lipinski definition) is 6. The van der Waals surface area contributed by atoms with Gasteiger partial charge in [0.05, 0.1) is 17.4 Å². The van der Waals surface area contributed by atoms with Crippen LogP contribution in [0.4, 0.5) is 9.18 Å². The number of hydrogen-bond donors (Lipinski definition) is 1. The van der Waals surface area contributed by atoms with Crippen molar-refractivity contribution in [2.24, 2.45) is 0 Å². The molecular weight excluding hydrogens is 377 g/mol. The van der Waals surface area contributed by atoms with Crippen LogP contribution in [0, 0.1) is 12.7 Å². The van der Waals surface area contributed by atoms with Crippen LogP contribution in [-0.4, -0.2) is 32.0 Å². The molecule has 0 spiro atoms. The van der Waals surface area contributed by atoms with Crippen molar-refractivity contribution in [1.82, 2.24) is 19.6 Å². The Morgan fingerprint density at radius 1 is 1.24 bits per heavy atom. The predicted molar refractivity (Wildman–Crippen MR) is 103 cm³/mol. The van der Waals surface area contributed by atoms with Crippen molar-refractivity contribution in [1.29, 1.82) is 0 Å². The first kappa shape index (κ1) is 18.2. The third-order valence-electron chi connectivity index (χ3n) is 4.17. The molecule has 0 aliphatic rings. The van der Waals surface area contributed by atoms with Crippen molar-refractivity contribution >= 4 is 23.3 Å². The maximum absolute atomic E-state index is 13.5. The quantitative estimate of drug-likeness (QED) is 0.535. The van der Waals surface area contributed by atoms with Gasteiger partial charge in [-0.3, -0.25) is 14.5 Å². The topological polar surface area (TPSA) is 99.0 Å². The number of amides is 1.